The van der Waals surface area contributed by atoms with Crippen molar-refractivity contribution in [2.24, 2.45) is 0 Å². The Labute approximate surface area is 134 Å². The summed E-state index contributed by atoms with van der Waals surface area (Å²) in [5.41, 5.74) is -0.254. The zero-order valence-electron chi connectivity index (χ0n) is 13.3. The lowest BCUT2D eigenvalue weighted by molar-refractivity contribution is -0.159. The molecule has 23 heavy (non-hydrogen) atoms. The highest BCUT2D eigenvalue weighted by Crippen LogP contribution is 2.19. The second kappa shape index (κ2) is 7.73. The maximum atomic E-state index is 12.4. The number of ether oxygens (including phenoxy) is 1. The van der Waals surface area contributed by atoms with Gasteiger partial charge in [0.05, 0.1) is 6.42 Å². The molecule has 7 heteroatoms. The summed E-state index contributed by atoms with van der Waals surface area (Å²) >= 11 is 0. The lowest BCUT2D eigenvalue weighted by Crippen LogP contribution is -2.45. The van der Waals surface area contributed by atoms with Gasteiger partial charge in [-0.05, 0) is 26.3 Å². The quantitative estimate of drug-likeness (QED) is 0.653. The second-order valence-electron chi connectivity index (χ2n) is 6.03. The average Bonchev–Trinajstić information content (AvgIpc) is 2.41. The molecule has 0 heterocycles. The van der Waals surface area contributed by atoms with Crippen molar-refractivity contribution in [1.82, 2.24) is 5.32 Å². The molecule has 2 atom stereocenters. The van der Waals surface area contributed by atoms with Crippen LogP contribution >= 0.6 is 0 Å². The van der Waals surface area contributed by atoms with E-state index < -0.39 is 42.0 Å². The molecule has 126 valence electrons. The maximum Gasteiger partial charge on any atom is 0.328 e. The number of esters is 1. The van der Waals surface area contributed by atoms with Crippen molar-refractivity contribution in [3.63, 3.8) is 0 Å². The molecule has 0 bridgehead atoms. The molecule has 0 aromatic heterocycles. The van der Waals surface area contributed by atoms with Gasteiger partial charge < -0.3 is 14.9 Å². The van der Waals surface area contributed by atoms with E-state index in [0.717, 1.165) is 0 Å². The van der Waals surface area contributed by atoms with Crippen LogP contribution in [-0.2, 0) is 19.1 Å². The number of rotatable bonds is 7. The van der Waals surface area contributed by atoms with Gasteiger partial charge in [-0.2, -0.15) is 0 Å². The van der Waals surface area contributed by atoms with Crippen LogP contribution in [0.4, 0.5) is 0 Å². The first-order valence-electron chi connectivity index (χ1n) is 7.08. The van der Waals surface area contributed by atoms with E-state index in [0.29, 0.717) is 5.56 Å². The summed E-state index contributed by atoms with van der Waals surface area (Å²) in [6.45, 7) is 5.08. The molecule has 0 aliphatic rings. The first kappa shape index (κ1) is 18.6. The second-order valence-corrected chi connectivity index (χ2v) is 6.03. The molecule has 0 saturated heterocycles. The van der Waals surface area contributed by atoms with Gasteiger partial charge >= 0.3 is 17.9 Å². The van der Waals surface area contributed by atoms with Gasteiger partial charge in [-0.25, -0.2) is 4.79 Å². The lowest BCUT2D eigenvalue weighted by atomic mass is 10.0. The largest absolute Gasteiger partial charge is 0.481 e. The molecular weight excluding hydrogens is 302 g/mol. The summed E-state index contributed by atoms with van der Waals surface area (Å²) in [5.74, 6) is -3.29. The van der Waals surface area contributed by atoms with Crippen LogP contribution in [0.15, 0.2) is 30.3 Å². The number of carbonyl (C=O) groups excluding carboxylic acids is 1. The van der Waals surface area contributed by atoms with E-state index >= 15 is 0 Å². The van der Waals surface area contributed by atoms with Crippen molar-refractivity contribution in [2.45, 2.75) is 44.9 Å². The summed E-state index contributed by atoms with van der Waals surface area (Å²) < 4.78 is 5.30. The molecule has 0 fully saturated rings. The van der Waals surface area contributed by atoms with E-state index in [4.69, 9.17) is 14.9 Å². The Morgan fingerprint density at radius 2 is 1.70 bits per heavy atom. The Balaban J connectivity index is 3.06. The Kier molecular flexibility index (Phi) is 6.27. The van der Waals surface area contributed by atoms with Gasteiger partial charge in [0.1, 0.15) is 17.7 Å². The van der Waals surface area contributed by atoms with Gasteiger partial charge in [-0.15, -0.1) is 0 Å². The topological polar surface area (TPSA) is 113 Å². The zero-order valence-corrected chi connectivity index (χ0v) is 13.3. The molecule has 1 unspecified atom stereocenters. The minimum absolute atomic E-state index is 0.499. The molecule has 1 aromatic rings. The van der Waals surface area contributed by atoms with E-state index in [2.05, 4.69) is 5.32 Å². The number of aliphatic carboxylic acids is 2. The highest BCUT2D eigenvalue weighted by Gasteiger charge is 2.32. The van der Waals surface area contributed by atoms with Gasteiger partial charge in [-0.1, -0.05) is 30.3 Å². The third kappa shape index (κ3) is 6.48. The summed E-state index contributed by atoms with van der Waals surface area (Å²) in [5, 5.41) is 20.5. The molecule has 0 aliphatic heterocycles. The average molecular weight is 323 g/mol. The third-order valence-electron chi connectivity index (χ3n) is 2.82. The molecule has 0 amide bonds. The van der Waals surface area contributed by atoms with E-state index in [1.165, 1.54) is 0 Å². The minimum atomic E-state index is -1.41. The van der Waals surface area contributed by atoms with Gasteiger partial charge in [-0.3, -0.25) is 14.9 Å². The van der Waals surface area contributed by atoms with Crippen LogP contribution in [0, 0.1) is 0 Å². The predicted octanol–water partition coefficient (Wildman–Crippen LogP) is 1.59. The Bertz CT molecular complexity index is 564. The first-order chi connectivity index (χ1) is 10.6. The van der Waals surface area contributed by atoms with Gasteiger partial charge in [0.15, 0.2) is 0 Å². The van der Waals surface area contributed by atoms with Crippen molar-refractivity contribution in [3.05, 3.63) is 35.9 Å². The number of nitrogens with one attached hydrogen (secondary N) is 1. The van der Waals surface area contributed by atoms with Crippen molar-refractivity contribution in [2.75, 3.05) is 0 Å². The number of carboxylic acids is 2. The number of hydrogen-bond donors (Lipinski definition) is 3. The van der Waals surface area contributed by atoms with Crippen molar-refractivity contribution < 1.29 is 29.3 Å². The molecule has 0 saturated carbocycles. The highest BCUT2D eigenvalue weighted by molar-refractivity contribution is 5.83. The normalized spacial score (nSPS) is 13.9. The summed E-state index contributed by atoms with van der Waals surface area (Å²) in [6.07, 6.45) is -0.651. The summed E-state index contributed by atoms with van der Waals surface area (Å²) in [4.78, 5) is 34.4. The zero-order chi connectivity index (χ0) is 17.6. The minimum Gasteiger partial charge on any atom is -0.481 e. The molecule has 0 spiro atoms. The van der Waals surface area contributed by atoms with Gasteiger partial charge in [0, 0.05) is 0 Å². The number of carboxylic acid groups (broad SMARTS) is 2. The van der Waals surface area contributed by atoms with Crippen LogP contribution in [0.25, 0.3) is 0 Å². The third-order valence-corrected chi connectivity index (χ3v) is 2.82. The van der Waals surface area contributed by atoms with Crippen LogP contribution in [0.3, 0.4) is 0 Å². The fourth-order valence-electron chi connectivity index (χ4n) is 1.90. The van der Waals surface area contributed by atoms with Crippen molar-refractivity contribution in [1.29, 1.82) is 0 Å². The Morgan fingerprint density at radius 1 is 1.13 bits per heavy atom. The van der Waals surface area contributed by atoms with Gasteiger partial charge in [0.2, 0.25) is 0 Å². The summed E-state index contributed by atoms with van der Waals surface area (Å²) in [6, 6.07) is 5.94. The van der Waals surface area contributed by atoms with Crippen molar-refractivity contribution in [3.8, 4) is 0 Å². The molecule has 7 nitrogen and oxygen atoms in total. The standard InChI is InChI=1S/C16H21NO6/c1-16(2,3)23-15(22)13(10-7-5-4-6-8-10)17-11(14(20)21)9-12(18)19/h4-8,11,13,17H,9H2,1-3H3,(H,18,19)(H,20,21)/t11-,13?/m0/s1. The van der Waals surface area contributed by atoms with E-state index in [9.17, 15) is 14.4 Å². The predicted molar refractivity (Wildman–Crippen MR) is 81.8 cm³/mol. The molecular formula is C16H21NO6. The SMILES string of the molecule is CC(C)(C)OC(=O)C(N[C@@H](CC(=O)O)C(=O)O)c1ccccc1. The molecule has 1 aromatic carbocycles. The number of hydrogen-bond acceptors (Lipinski definition) is 5. The maximum absolute atomic E-state index is 12.4. The lowest BCUT2D eigenvalue weighted by Gasteiger charge is -2.26. The van der Waals surface area contributed by atoms with Crippen LogP contribution in [0.5, 0.6) is 0 Å². The molecule has 0 radical (unpaired) electrons. The van der Waals surface area contributed by atoms with Gasteiger partial charge in [0.25, 0.3) is 0 Å². The number of carbonyl (C=O) groups is 3. The molecule has 1 rings (SSSR count). The number of benzene rings is 1. The monoisotopic (exact) mass is 323 g/mol. The first-order valence-corrected chi connectivity index (χ1v) is 7.08. The van der Waals surface area contributed by atoms with E-state index in [1.807, 2.05) is 0 Å². The van der Waals surface area contributed by atoms with Crippen LogP contribution < -0.4 is 5.32 Å². The van der Waals surface area contributed by atoms with E-state index in [1.54, 1.807) is 51.1 Å². The van der Waals surface area contributed by atoms with E-state index in [-0.39, 0.29) is 0 Å². The van der Waals surface area contributed by atoms with Crippen LogP contribution in [0.2, 0.25) is 0 Å². The molecule has 3 N–H and O–H groups in total. The fourth-order valence-corrected chi connectivity index (χ4v) is 1.90. The van der Waals surface area contributed by atoms with Crippen LogP contribution in [-0.4, -0.2) is 39.8 Å². The fraction of sp³-hybridized carbons (Fsp3) is 0.438. The smallest absolute Gasteiger partial charge is 0.328 e. The molecule has 0 aliphatic carbocycles. The Morgan fingerprint density at radius 3 is 2.13 bits per heavy atom. The highest BCUT2D eigenvalue weighted by atomic mass is 16.6. The Hall–Kier alpha value is -2.41. The van der Waals surface area contributed by atoms with Crippen molar-refractivity contribution >= 4 is 17.9 Å². The summed E-state index contributed by atoms with van der Waals surface area (Å²) in [7, 11) is 0. The van der Waals surface area contributed by atoms with Crippen LogP contribution in [0.1, 0.15) is 38.8 Å².